The third kappa shape index (κ3) is 6.03. The molecule has 2 unspecified atom stereocenters. The number of nitrogens with one attached hydrogen (secondary N) is 1. The van der Waals surface area contributed by atoms with Crippen molar-refractivity contribution in [3.05, 3.63) is 64.9 Å². The molecule has 156 valence electrons. The summed E-state index contributed by atoms with van der Waals surface area (Å²) in [6, 6.07) is 14.3. The van der Waals surface area contributed by atoms with Crippen molar-refractivity contribution in [3.8, 4) is 0 Å². The monoisotopic (exact) mass is 413 g/mol. The Balaban J connectivity index is 1.78. The van der Waals surface area contributed by atoms with E-state index in [0.717, 1.165) is 42.2 Å². The van der Waals surface area contributed by atoms with Crippen LogP contribution in [0.25, 0.3) is 0 Å². The summed E-state index contributed by atoms with van der Waals surface area (Å²) in [5.74, 6) is 0.0571. The van der Waals surface area contributed by atoms with Crippen molar-refractivity contribution < 1.29 is 4.79 Å². The second kappa shape index (κ2) is 9.73. The summed E-state index contributed by atoms with van der Waals surface area (Å²) in [4.78, 5) is 19.8. The molecule has 29 heavy (non-hydrogen) atoms. The van der Waals surface area contributed by atoms with Crippen LogP contribution in [0.3, 0.4) is 0 Å². The molecule has 0 radical (unpaired) electrons. The molecule has 1 aliphatic heterocycles. The number of nitrogens with zero attached hydrogens (tertiary/aromatic N) is 2. The Morgan fingerprint density at radius 3 is 2.66 bits per heavy atom. The molecule has 1 saturated heterocycles. The Kier molecular flexibility index (Phi) is 7.31. The minimum Gasteiger partial charge on any atom is -0.347 e. The minimum atomic E-state index is -0.434. The molecule has 1 aromatic heterocycles. The van der Waals surface area contributed by atoms with Crippen LogP contribution in [0.4, 0.5) is 0 Å². The molecule has 0 bridgehead atoms. The number of benzene rings is 1. The minimum absolute atomic E-state index is 0.0571. The maximum Gasteiger partial charge on any atom is 0.225 e. The van der Waals surface area contributed by atoms with Crippen LogP contribution in [0.1, 0.15) is 63.8 Å². The van der Waals surface area contributed by atoms with Crippen LogP contribution in [-0.4, -0.2) is 28.4 Å². The standard InChI is InChI=1S/C24H32ClN3O/c1-24(2,3)23(29)27-22(21-13-6-8-14-26-21)16-19-11-7-9-15-28(19)17-18-10-4-5-12-20(18)25/h4-6,8,10,12-14,19,22H,7,9,11,15-17H2,1-3H3,(H,27,29). The third-order valence-corrected chi connectivity index (χ3v) is 5.99. The lowest BCUT2D eigenvalue weighted by atomic mass is 9.91. The summed E-state index contributed by atoms with van der Waals surface area (Å²) < 4.78 is 0. The predicted molar refractivity (Wildman–Crippen MR) is 119 cm³/mol. The zero-order valence-corrected chi connectivity index (χ0v) is 18.5. The lowest BCUT2D eigenvalue weighted by Gasteiger charge is -2.38. The molecule has 4 nitrogen and oxygen atoms in total. The Labute approximate surface area is 179 Å². The number of aromatic nitrogens is 1. The smallest absolute Gasteiger partial charge is 0.225 e. The number of rotatable bonds is 6. The van der Waals surface area contributed by atoms with Crippen LogP contribution in [0.5, 0.6) is 0 Å². The van der Waals surface area contributed by atoms with Crippen molar-refractivity contribution in [1.29, 1.82) is 0 Å². The summed E-state index contributed by atoms with van der Waals surface area (Å²) in [5.41, 5.74) is 1.65. The van der Waals surface area contributed by atoms with Gasteiger partial charge in [0.2, 0.25) is 5.91 Å². The molecule has 0 aliphatic carbocycles. The molecule has 3 rings (SSSR count). The highest BCUT2D eigenvalue weighted by molar-refractivity contribution is 6.31. The Bertz CT molecular complexity index is 803. The summed E-state index contributed by atoms with van der Waals surface area (Å²) in [6.45, 7) is 7.73. The summed E-state index contributed by atoms with van der Waals surface area (Å²) in [6.07, 6.45) is 6.19. The van der Waals surface area contributed by atoms with E-state index in [1.165, 1.54) is 12.8 Å². The van der Waals surface area contributed by atoms with E-state index in [1.54, 1.807) is 6.20 Å². The van der Waals surface area contributed by atoms with Gasteiger partial charge in [0.15, 0.2) is 0 Å². The topological polar surface area (TPSA) is 45.2 Å². The molecule has 0 saturated carbocycles. The Morgan fingerprint density at radius 2 is 1.97 bits per heavy atom. The number of piperidine rings is 1. The molecule has 1 N–H and O–H groups in total. The first kappa shape index (κ1) is 21.8. The van der Waals surface area contributed by atoms with Gasteiger partial charge < -0.3 is 5.32 Å². The quantitative estimate of drug-likeness (QED) is 0.691. The van der Waals surface area contributed by atoms with E-state index in [9.17, 15) is 4.79 Å². The SMILES string of the molecule is CC(C)(C)C(=O)NC(CC1CCCCN1Cc1ccccc1Cl)c1ccccn1. The lowest BCUT2D eigenvalue weighted by Crippen LogP contribution is -2.44. The van der Waals surface area contributed by atoms with E-state index in [0.29, 0.717) is 6.04 Å². The molecule has 5 heteroatoms. The van der Waals surface area contributed by atoms with Crippen molar-refractivity contribution in [2.24, 2.45) is 5.41 Å². The van der Waals surface area contributed by atoms with Crippen molar-refractivity contribution >= 4 is 17.5 Å². The normalized spacial score (nSPS) is 19.0. The Morgan fingerprint density at radius 1 is 1.21 bits per heavy atom. The molecular formula is C24H32ClN3O. The first-order valence-corrected chi connectivity index (χ1v) is 10.9. The van der Waals surface area contributed by atoms with Crippen LogP contribution >= 0.6 is 11.6 Å². The Hall–Kier alpha value is -1.91. The fraction of sp³-hybridized carbons (Fsp3) is 0.500. The second-order valence-electron chi connectivity index (χ2n) is 8.98. The average molecular weight is 414 g/mol. The van der Waals surface area contributed by atoms with Gasteiger partial charge in [0.25, 0.3) is 0 Å². The van der Waals surface area contributed by atoms with Gasteiger partial charge in [0.1, 0.15) is 0 Å². The molecule has 1 aromatic carbocycles. The zero-order valence-electron chi connectivity index (χ0n) is 17.7. The van der Waals surface area contributed by atoms with Crippen LogP contribution in [0.2, 0.25) is 5.02 Å². The van der Waals surface area contributed by atoms with Gasteiger partial charge in [-0.3, -0.25) is 14.7 Å². The summed E-state index contributed by atoms with van der Waals surface area (Å²) in [7, 11) is 0. The van der Waals surface area contributed by atoms with Gasteiger partial charge in [-0.2, -0.15) is 0 Å². The predicted octanol–water partition coefficient (Wildman–Crippen LogP) is 5.38. The van der Waals surface area contributed by atoms with Gasteiger partial charge >= 0.3 is 0 Å². The molecule has 2 heterocycles. The van der Waals surface area contributed by atoms with Crippen molar-refractivity contribution in [2.45, 2.75) is 65.1 Å². The zero-order chi connectivity index (χ0) is 20.9. The van der Waals surface area contributed by atoms with E-state index in [-0.39, 0.29) is 11.9 Å². The maximum absolute atomic E-state index is 12.7. The van der Waals surface area contributed by atoms with Crippen LogP contribution in [-0.2, 0) is 11.3 Å². The molecule has 1 aliphatic rings. The van der Waals surface area contributed by atoms with Crippen molar-refractivity contribution in [1.82, 2.24) is 15.2 Å². The van der Waals surface area contributed by atoms with E-state index >= 15 is 0 Å². The van der Waals surface area contributed by atoms with E-state index < -0.39 is 5.41 Å². The highest BCUT2D eigenvalue weighted by atomic mass is 35.5. The average Bonchev–Trinajstić information content (AvgIpc) is 2.70. The number of carbonyl (C=O) groups is 1. The largest absolute Gasteiger partial charge is 0.347 e. The molecule has 1 amide bonds. The second-order valence-corrected chi connectivity index (χ2v) is 9.39. The van der Waals surface area contributed by atoms with E-state index in [1.807, 2.05) is 57.2 Å². The summed E-state index contributed by atoms with van der Waals surface area (Å²) in [5, 5.41) is 4.08. The maximum atomic E-state index is 12.7. The first-order valence-electron chi connectivity index (χ1n) is 10.5. The highest BCUT2D eigenvalue weighted by Gasteiger charge is 2.30. The van der Waals surface area contributed by atoms with Crippen LogP contribution in [0, 0.1) is 5.41 Å². The lowest BCUT2D eigenvalue weighted by molar-refractivity contribution is -0.129. The molecule has 0 spiro atoms. The number of hydrogen-bond acceptors (Lipinski definition) is 3. The highest BCUT2D eigenvalue weighted by Crippen LogP contribution is 2.29. The van der Waals surface area contributed by atoms with Gasteiger partial charge in [0.05, 0.1) is 11.7 Å². The fourth-order valence-corrected chi connectivity index (χ4v) is 4.06. The van der Waals surface area contributed by atoms with Crippen molar-refractivity contribution in [2.75, 3.05) is 6.54 Å². The first-order chi connectivity index (χ1) is 13.8. The van der Waals surface area contributed by atoms with Gasteiger partial charge in [-0.1, -0.05) is 63.1 Å². The number of hydrogen-bond donors (Lipinski definition) is 1. The number of likely N-dealkylation sites (tertiary alicyclic amines) is 1. The number of halogens is 1. The number of pyridine rings is 1. The van der Waals surface area contributed by atoms with Gasteiger partial charge in [-0.05, 0) is 49.6 Å². The van der Waals surface area contributed by atoms with Gasteiger partial charge in [-0.25, -0.2) is 0 Å². The number of amides is 1. The molecular weight excluding hydrogens is 382 g/mol. The number of carbonyl (C=O) groups excluding carboxylic acids is 1. The van der Waals surface area contributed by atoms with E-state index in [4.69, 9.17) is 11.6 Å². The molecule has 2 atom stereocenters. The summed E-state index contributed by atoms with van der Waals surface area (Å²) >= 11 is 6.42. The van der Waals surface area contributed by atoms with Crippen LogP contribution in [0.15, 0.2) is 48.7 Å². The molecule has 1 fully saturated rings. The van der Waals surface area contributed by atoms with Gasteiger partial charge in [0, 0.05) is 29.2 Å². The third-order valence-electron chi connectivity index (χ3n) is 5.62. The van der Waals surface area contributed by atoms with Crippen LogP contribution < -0.4 is 5.32 Å². The fourth-order valence-electron chi connectivity index (χ4n) is 3.86. The van der Waals surface area contributed by atoms with E-state index in [2.05, 4.69) is 21.3 Å². The molecule has 2 aromatic rings. The van der Waals surface area contributed by atoms with Gasteiger partial charge in [-0.15, -0.1) is 0 Å². The van der Waals surface area contributed by atoms with Crippen molar-refractivity contribution in [3.63, 3.8) is 0 Å².